The van der Waals surface area contributed by atoms with E-state index in [1.54, 1.807) is 0 Å². The molecule has 5 nitrogen and oxygen atoms in total. The van der Waals surface area contributed by atoms with Crippen LogP contribution in [0.25, 0.3) is 0 Å². The molecular weight excluding hydrogens is 311 g/mol. The standard InChI is InChI=1S/C11H8Cl2N2O3S/c12-9-5-7(1-3-10(9)16)15-19(17,18)8-2-4-11(13)14-6-8/h1-6,15-16H. The number of nitrogens with one attached hydrogen (secondary N) is 1. The lowest BCUT2D eigenvalue weighted by atomic mass is 10.3. The van der Waals surface area contributed by atoms with Crippen molar-refractivity contribution >= 4 is 38.9 Å². The van der Waals surface area contributed by atoms with Crippen LogP contribution in [0.1, 0.15) is 0 Å². The Labute approximate surface area is 119 Å². The van der Waals surface area contributed by atoms with E-state index in [2.05, 4.69) is 9.71 Å². The topological polar surface area (TPSA) is 79.3 Å². The van der Waals surface area contributed by atoms with E-state index in [0.29, 0.717) is 0 Å². The normalized spacial score (nSPS) is 11.3. The highest BCUT2D eigenvalue weighted by Gasteiger charge is 2.15. The van der Waals surface area contributed by atoms with E-state index in [4.69, 9.17) is 23.2 Å². The number of nitrogens with zero attached hydrogens (tertiary/aromatic N) is 1. The number of hydrogen-bond acceptors (Lipinski definition) is 4. The van der Waals surface area contributed by atoms with Gasteiger partial charge in [-0.15, -0.1) is 0 Å². The third kappa shape index (κ3) is 3.28. The Bertz CT molecular complexity index is 702. The summed E-state index contributed by atoms with van der Waals surface area (Å²) in [6.07, 6.45) is 1.15. The van der Waals surface area contributed by atoms with Crippen LogP contribution >= 0.6 is 23.2 Å². The summed E-state index contributed by atoms with van der Waals surface area (Å²) in [7, 11) is -3.77. The van der Waals surface area contributed by atoms with Gasteiger partial charge in [-0.2, -0.15) is 0 Å². The molecule has 100 valence electrons. The Kier molecular flexibility index (Phi) is 3.84. The fourth-order valence-corrected chi connectivity index (χ4v) is 2.59. The van der Waals surface area contributed by atoms with Crippen LogP contribution in [0.4, 0.5) is 5.69 Å². The molecule has 0 saturated carbocycles. The third-order valence-electron chi connectivity index (χ3n) is 2.21. The van der Waals surface area contributed by atoms with Gasteiger partial charge in [0.1, 0.15) is 15.8 Å². The van der Waals surface area contributed by atoms with Crippen molar-refractivity contribution in [1.82, 2.24) is 4.98 Å². The molecule has 0 atom stereocenters. The molecule has 19 heavy (non-hydrogen) atoms. The van der Waals surface area contributed by atoms with Crippen LogP contribution in [-0.4, -0.2) is 18.5 Å². The number of phenols is 1. The van der Waals surface area contributed by atoms with E-state index in [1.165, 1.54) is 30.3 Å². The predicted octanol–water partition coefficient (Wildman–Crippen LogP) is 2.89. The minimum absolute atomic E-state index is 0.0268. The molecule has 0 aliphatic carbocycles. The van der Waals surface area contributed by atoms with E-state index >= 15 is 0 Å². The van der Waals surface area contributed by atoms with Gasteiger partial charge >= 0.3 is 0 Å². The molecular formula is C11H8Cl2N2O3S. The maximum atomic E-state index is 12.0. The van der Waals surface area contributed by atoms with Gasteiger partial charge < -0.3 is 5.11 Å². The molecule has 0 bridgehead atoms. The van der Waals surface area contributed by atoms with Gasteiger partial charge in [0.25, 0.3) is 10.0 Å². The van der Waals surface area contributed by atoms with Gasteiger partial charge in [-0.05, 0) is 30.3 Å². The highest BCUT2D eigenvalue weighted by Crippen LogP contribution is 2.27. The Morgan fingerprint density at radius 2 is 1.89 bits per heavy atom. The second-order valence-electron chi connectivity index (χ2n) is 3.59. The molecule has 0 radical (unpaired) electrons. The first-order valence-corrected chi connectivity index (χ1v) is 7.25. The lowest BCUT2D eigenvalue weighted by Crippen LogP contribution is -2.13. The first-order chi connectivity index (χ1) is 8.88. The Morgan fingerprint density at radius 3 is 2.47 bits per heavy atom. The van der Waals surface area contributed by atoms with Gasteiger partial charge in [0.2, 0.25) is 0 Å². The summed E-state index contributed by atoms with van der Waals surface area (Å²) in [5.41, 5.74) is 0.234. The van der Waals surface area contributed by atoms with Crippen LogP contribution < -0.4 is 4.72 Å². The van der Waals surface area contributed by atoms with Crippen LogP contribution in [0.2, 0.25) is 10.2 Å². The van der Waals surface area contributed by atoms with Gasteiger partial charge in [-0.25, -0.2) is 13.4 Å². The van der Waals surface area contributed by atoms with E-state index in [0.717, 1.165) is 6.20 Å². The molecule has 2 aromatic rings. The van der Waals surface area contributed by atoms with Crippen molar-refractivity contribution < 1.29 is 13.5 Å². The number of sulfonamides is 1. The summed E-state index contributed by atoms with van der Waals surface area (Å²) >= 11 is 11.3. The molecule has 0 fully saturated rings. The first kappa shape index (κ1) is 13.9. The predicted molar refractivity (Wildman–Crippen MR) is 73.2 cm³/mol. The SMILES string of the molecule is O=S(=O)(Nc1ccc(O)c(Cl)c1)c1ccc(Cl)nc1. The summed E-state index contributed by atoms with van der Waals surface area (Å²) in [6.45, 7) is 0. The fourth-order valence-electron chi connectivity index (χ4n) is 1.31. The quantitative estimate of drug-likeness (QED) is 0.673. The average molecular weight is 319 g/mol. The van der Waals surface area contributed by atoms with Crippen molar-refractivity contribution in [2.45, 2.75) is 4.90 Å². The van der Waals surface area contributed by atoms with Crippen molar-refractivity contribution in [2.24, 2.45) is 0 Å². The number of phenolic OH excluding ortho intramolecular Hbond substituents is 1. The van der Waals surface area contributed by atoms with Crippen molar-refractivity contribution in [1.29, 1.82) is 0 Å². The summed E-state index contributed by atoms with van der Waals surface area (Å²) in [4.78, 5) is 3.67. The number of halogens is 2. The molecule has 0 amide bonds. The van der Waals surface area contributed by atoms with E-state index in [-0.39, 0.29) is 26.5 Å². The molecule has 0 unspecified atom stereocenters. The monoisotopic (exact) mass is 318 g/mol. The van der Waals surface area contributed by atoms with Crippen molar-refractivity contribution in [3.05, 3.63) is 46.7 Å². The molecule has 1 heterocycles. The lowest BCUT2D eigenvalue weighted by Gasteiger charge is -2.08. The molecule has 0 saturated heterocycles. The van der Waals surface area contributed by atoms with Crippen LogP contribution in [0, 0.1) is 0 Å². The molecule has 2 rings (SSSR count). The summed E-state index contributed by atoms with van der Waals surface area (Å²) in [5, 5.41) is 9.51. The summed E-state index contributed by atoms with van der Waals surface area (Å²) < 4.78 is 26.3. The Hall–Kier alpha value is -1.50. The van der Waals surface area contributed by atoms with Crippen LogP contribution in [0.5, 0.6) is 5.75 Å². The van der Waals surface area contributed by atoms with E-state index in [9.17, 15) is 13.5 Å². The van der Waals surface area contributed by atoms with Crippen molar-refractivity contribution in [2.75, 3.05) is 4.72 Å². The smallest absolute Gasteiger partial charge is 0.263 e. The zero-order valence-corrected chi connectivity index (χ0v) is 11.7. The Balaban J connectivity index is 2.30. The fraction of sp³-hybridized carbons (Fsp3) is 0. The largest absolute Gasteiger partial charge is 0.506 e. The summed E-state index contributed by atoms with van der Waals surface area (Å²) in [5.74, 6) is -0.127. The van der Waals surface area contributed by atoms with Crippen molar-refractivity contribution in [3.63, 3.8) is 0 Å². The van der Waals surface area contributed by atoms with Crippen LogP contribution in [-0.2, 0) is 10.0 Å². The van der Waals surface area contributed by atoms with Gasteiger partial charge in [-0.1, -0.05) is 23.2 Å². The molecule has 1 aromatic heterocycles. The average Bonchev–Trinajstić information content (AvgIpc) is 2.34. The third-order valence-corrected chi connectivity index (χ3v) is 4.10. The minimum Gasteiger partial charge on any atom is -0.506 e. The zero-order chi connectivity index (χ0) is 14.0. The van der Waals surface area contributed by atoms with Gasteiger partial charge in [0, 0.05) is 6.20 Å². The molecule has 0 aliphatic heterocycles. The van der Waals surface area contributed by atoms with Gasteiger partial charge in [0.15, 0.2) is 0 Å². The summed E-state index contributed by atoms with van der Waals surface area (Å²) in [6, 6.07) is 6.69. The minimum atomic E-state index is -3.77. The molecule has 2 N–H and O–H groups in total. The van der Waals surface area contributed by atoms with E-state index in [1.807, 2.05) is 0 Å². The van der Waals surface area contributed by atoms with Gasteiger partial charge in [0.05, 0.1) is 10.7 Å². The van der Waals surface area contributed by atoms with Gasteiger partial charge in [-0.3, -0.25) is 4.72 Å². The number of hydrogen-bond donors (Lipinski definition) is 2. The zero-order valence-electron chi connectivity index (χ0n) is 9.34. The number of aromatic hydroxyl groups is 1. The Morgan fingerprint density at radius 1 is 1.16 bits per heavy atom. The number of pyridine rings is 1. The maximum Gasteiger partial charge on any atom is 0.263 e. The number of anilines is 1. The number of aromatic nitrogens is 1. The molecule has 8 heteroatoms. The lowest BCUT2D eigenvalue weighted by molar-refractivity contribution is 0.475. The maximum absolute atomic E-state index is 12.0. The van der Waals surface area contributed by atoms with E-state index < -0.39 is 10.0 Å². The second kappa shape index (κ2) is 5.24. The van der Waals surface area contributed by atoms with Crippen LogP contribution in [0.3, 0.4) is 0 Å². The number of rotatable bonds is 3. The number of benzene rings is 1. The molecule has 0 spiro atoms. The van der Waals surface area contributed by atoms with Crippen LogP contribution in [0.15, 0.2) is 41.4 Å². The first-order valence-electron chi connectivity index (χ1n) is 5.01. The second-order valence-corrected chi connectivity index (χ2v) is 6.07. The highest BCUT2D eigenvalue weighted by atomic mass is 35.5. The van der Waals surface area contributed by atoms with Crippen molar-refractivity contribution in [3.8, 4) is 5.75 Å². The highest BCUT2D eigenvalue weighted by molar-refractivity contribution is 7.92. The molecule has 1 aromatic carbocycles. The molecule has 0 aliphatic rings.